The van der Waals surface area contributed by atoms with Gasteiger partial charge in [-0.15, -0.1) is 0 Å². The Morgan fingerprint density at radius 1 is 1.17 bits per heavy atom. The van der Waals surface area contributed by atoms with Gasteiger partial charge in [0.15, 0.2) is 0 Å². The second-order valence-corrected chi connectivity index (χ2v) is 5.08. The summed E-state index contributed by atoms with van der Waals surface area (Å²) in [5, 5.41) is 0. The molecular formula is C14H24N2O2. The summed E-state index contributed by atoms with van der Waals surface area (Å²) in [5.74, 6) is 0.616. The Labute approximate surface area is 109 Å². The summed E-state index contributed by atoms with van der Waals surface area (Å²) in [4.78, 5) is 22.1. The van der Waals surface area contributed by atoms with Crippen molar-refractivity contribution in [1.82, 2.24) is 0 Å². The summed E-state index contributed by atoms with van der Waals surface area (Å²) < 4.78 is 0. The third-order valence-electron chi connectivity index (χ3n) is 3.66. The molecule has 1 atom stereocenters. The van der Waals surface area contributed by atoms with E-state index in [1.165, 1.54) is 25.7 Å². The zero-order valence-electron chi connectivity index (χ0n) is 11.0. The Balaban J connectivity index is 2.40. The van der Waals surface area contributed by atoms with Gasteiger partial charge in [-0.2, -0.15) is 0 Å². The Hall–Kier alpha value is -1.06. The molecule has 0 aromatic heterocycles. The summed E-state index contributed by atoms with van der Waals surface area (Å²) in [5.41, 5.74) is 10.5. The summed E-state index contributed by atoms with van der Waals surface area (Å²) in [7, 11) is 0. The maximum absolute atomic E-state index is 11.5. The number of hydrogen-bond acceptors (Lipinski definition) is 2. The number of hydrogen-bond donors (Lipinski definition) is 2. The van der Waals surface area contributed by atoms with Crippen LogP contribution in [0, 0.1) is 18.3 Å². The molecule has 4 nitrogen and oxygen atoms in total. The molecule has 0 aromatic carbocycles. The van der Waals surface area contributed by atoms with E-state index in [2.05, 4.69) is 0 Å². The van der Waals surface area contributed by atoms with E-state index < -0.39 is 0 Å². The molecule has 1 unspecified atom stereocenters. The molecule has 1 aliphatic rings. The van der Waals surface area contributed by atoms with Crippen LogP contribution in [-0.4, -0.2) is 11.8 Å². The van der Waals surface area contributed by atoms with Crippen molar-refractivity contribution in [2.24, 2.45) is 17.4 Å². The molecule has 1 aliphatic carbocycles. The lowest BCUT2D eigenvalue weighted by atomic mass is 9.78. The molecule has 1 rings (SSSR count). The molecule has 0 aromatic rings. The molecule has 102 valence electrons. The van der Waals surface area contributed by atoms with Gasteiger partial charge in [-0.05, 0) is 31.6 Å². The molecule has 18 heavy (non-hydrogen) atoms. The number of amides is 2. The highest BCUT2D eigenvalue weighted by molar-refractivity contribution is 5.88. The number of nitrogens with two attached hydrogens (primary N) is 2. The Kier molecular flexibility index (Phi) is 6.76. The lowest BCUT2D eigenvalue weighted by molar-refractivity contribution is -0.117. The lowest BCUT2D eigenvalue weighted by Gasteiger charge is -2.26. The lowest BCUT2D eigenvalue weighted by Crippen LogP contribution is -2.29. The van der Waals surface area contributed by atoms with Gasteiger partial charge in [0.1, 0.15) is 0 Å². The molecule has 0 aliphatic heterocycles. The first-order valence-corrected chi connectivity index (χ1v) is 6.89. The molecule has 0 saturated heterocycles. The van der Waals surface area contributed by atoms with Crippen LogP contribution in [-0.2, 0) is 9.59 Å². The van der Waals surface area contributed by atoms with Crippen molar-refractivity contribution in [2.75, 3.05) is 0 Å². The summed E-state index contributed by atoms with van der Waals surface area (Å²) >= 11 is 0. The maximum Gasteiger partial charge on any atom is 0.225 e. The van der Waals surface area contributed by atoms with E-state index in [-0.39, 0.29) is 11.8 Å². The fourth-order valence-corrected chi connectivity index (χ4v) is 2.69. The maximum atomic E-state index is 11.5. The van der Waals surface area contributed by atoms with E-state index >= 15 is 0 Å². The van der Waals surface area contributed by atoms with Gasteiger partial charge < -0.3 is 11.5 Å². The predicted octanol–water partition coefficient (Wildman–Crippen LogP) is 1.88. The Bertz CT molecular complexity index is 279. The molecule has 4 heteroatoms. The van der Waals surface area contributed by atoms with Gasteiger partial charge in [0.05, 0.1) is 5.92 Å². The van der Waals surface area contributed by atoms with Gasteiger partial charge in [0.25, 0.3) is 0 Å². The van der Waals surface area contributed by atoms with Crippen molar-refractivity contribution in [2.45, 2.75) is 57.8 Å². The molecule has 0 heterocycles. The van der Waals surface area contributed by atoms with Crippen molar-refractivity contribution in [3.05, 3.63) is 12.3 Å². The average molecular weight is 252 g/mol. The minimum Gasteiger partial charge on any atom is -0.369 e. The molecule has 0 bridgehead atoms. The smallest absolute Gasteiger partial charge is 0.225 e. The third kappa shape index (κ3) is 5.52. The number of unbranched alkanes of at least 4 members (excludes halogenated alkanes) is 1. The van der Waals surface area contributed by atoms with Crippen LogP contribution in [0.4, 0.5) is 0 Å². The Morgan fingerprint density at radius 3 is 2.56 bits per heavy atom. The third-order valence-corrected chi connectivity index (χ3v) is 3.66. The fraction of sp³-hybridized carbons (Fsp3) is 0.714. The molecule has 4 N–H and O–H groups in total. The van der Waals surface area contributed by atoms with E-state index in [9.17, 15) is 9.59 Å². The van der Waals surface area contributed by atoms with Crippen molar-refractivity contribution >= 4 is 11.8 Å². The van der Waals surface area contributed by atoms with E-state index in [0.717, 1.165) is 38.0 Å². The zero-order chi connectivity index (χ0) is 13.4. The van der Waals surface area contributed by atoms with E-state index in [0.29, 0.717) is 12.3 Å². The van der Waals surface area contributed by atoms with E-state index in [4.69, 9.17) is 11.5 Å². The van der Waals surface area contributed by atoms with Crippen LogP contribution in [0.1, 0.15) is 57.8 Å². The molecule has 1 saturated carbocycles. The zero-order valence-corrected chi connectivity index (χ0v) is 11.0. The van der Waals surface area contributed by atoms with Gasteiger partial charge >= 0.3 is 0 Å². The average Bonchev–Trinajstić information content (AvgIpc) is 2.25. The monoisotopic (exact) mass is 252 g/mol. The highest BCUT2D eigenvalue weighted by Crippen LogP contribution is 2.32. The summed E-state index contributed by atoms with van der Waals surface area (Å²) in [6, 6.07) is 0. The van der Waals surface area contributed by atoms with Crippen LogP contribution in [0.15, 0.2) is 0 Å². The second kappa shape index (κ2) is 8.11. The molecule has 1 fully saturated rings. The second-order valence-electron chi connectivity index (χ2n) is 5.08. The van der Waals surface area contributed by atoms with Gasteiger partial charge in [-0.1, -0.05) is 32.1 Å². The van der Waals surface area contributed by atoms with Crippen LogP contribution in [0.25, 0.3) is 0 Å². The first-order chi connectivity index (χ1) is 8.61. The molecule has 2 amide bonds. The fourth-order valence-electron chi connectivity index (χ4n) is 2.69. The number of primary amides is 2. The van der Waals surface area contributed by atoms with Crippen LogP contribution in [0.3, 0.4) is 0 Å². The minimum absolute atomic E-state index is 0.235. The molecule has 2 radical (unpaired) electrons. The standard InChI is InChI=1S/C14H24N2O2/c15-13(17)10-6-5-8-11-7-3-1-2-4-9-12(11)14(16)18/h10-11H,1-9H2,(H2,15,17)(H2,16,18). The first kappa shape index (κ1) is 15.0. The van der Waals surface area contributed by atoms with Gasteiger partial charge in [-0.25, -0.2) is 0 Å². The van der Waals surface area contributed by atoms with Crippen molar-refractivity contribution in [3.63, 3.8) is 0 Å². The van der Waals surface area contributed by atoms with Crippen molar-refractivity contribution in [3.8, 4) is 0 Å². The first-order valence-electron chi connectivity index (χ1n) is 6.89. The van der Waals surface area contributed by atoms with E-state index in [1.807, 2.05) is 0 Å². The summed E-state index contributed by atoms with van der Waals surface area (Å²) in [6.07, 6.45) is 10.6. The van der Waals surface area contributed by atoms with Crippen molar-refractivity contribution < 1.29 is 9.59 Å². The normalized spacial score (nSPS) is 22.1. The van der Waals surface area contributed by atoms with E-state index in [1.54, 1.807) is 0 Å². The van der Waals surface area contributed by atoms with Gasteiger partial charge in [-0.3, -0.25) is 9.59 Å². The van der Waals surface area contributed by atoms with Crippen LogP contribution in [0.2, 0.25) is 0 Å². The number of carbonyl (C=O) groups is 2. The van der Waals surface area contributed by atoms with Crippen LogP contribution in [0.5, 0.6) is 0 Å². The Morgan fingerprint density at radius 2 is 1.89 bits per heavy atom. The van der Waals surface area contributed by atoms with Gasteiger partial charge in [0.2, 0.25) is 11.8 Å². The largest absolute Gasteiger partial charge is 0.369 e. The molecule has 0 spiro atoms. The highest BCUT2D eigenvalue weighted by Gasteiger charge is 2.27. The topological polar surface area (TPSA) is 86.2 Å². The minimum atomic E-state index is -0.369. The summed E-state index contributed by atoms with van der Waals surface area (Å²) in [6.45, 7) is 0. The van der Waals surface area contributed by atoms with Crippen LogP contribution >= 0.6 is 0 Å². The van der Waals surface area contributed by atoms with Gasteiger partial charge in [0, 0.05) is 6.42 Å². The SMILES string of the molecule is NC(=O)[CH]CCCC1CCCCCC[C]1C(N)=O. The molecular weight excluding hydrogens is 228 g/mol. The highest BCUT2D eigenvalue weighted by atomic mass is 16.1. The number of rotatable bonds is 6. The van der Waals surface area contributed by atoms with Crippen LogP contribution < -0.4 is 11.5 Å². The predicted molar refractivity (Wildman–Crippen MR) is 71.0 cm³/mol. The quantitative estimate of drug-likeness (QED) is 0.707. The number of carbonyl (C=O) groups excluding carboxylic acids is 2. The van der Waals surface area contributed by atoms with Crippen molar-refractivity contribution in [1.29, 1.82) is 0 Å².